The highest BCUT2D eigenvalue weighted by Gasteiger charge is 2.28. The van der Waals surface area contributed by atoms with E-state index in [-0.39, 0.29) is 11.9 Å². The van der Waals surface area contributed by atoms with E-state index in [9.17, 15) is 4.79 Å². The molecule has 1 heterocycles. The van der Waals surface area contributed by atoms with Gasteiger partial charge in [-0.3, -0.25) is 4.79 Å². The normalized spacial score (nSPS) is 20.8. The van der Waals surface area contributed by atoms with E-state index < -0.39 is 6.10 Å². The molecule has 98 valence electrons. The topological polar surface area (TPSA) is 55.6 Å². The standard InChI is InChI=1S/C13H17BrN2O2/c1-9(13(17)16-6-5-11(15)8-16)18-12-4-2-3-10(14)7-12/h2-4,7,9,11H,5-6,8,15H2,1H3/t9-,11-/m0/s1. The molecule has 1 saturated heterocycles. The number of nitrogens with two attached hydrogens (primary N) is 1. The Morgan fingerprint density at radius 2 is 2.39 bits per heavy atom. The lowest BCUT2D eigenvalue weighted by Gasteiger charge is -2.21. The molecule has 2 rings (SSSR count). The summed E-state index contributed by atoms with van der Waals surface area (Å²) >= 11 is 3.37. The molecule has 18 heavy (non-hydrogen) atoms. The van der Waals surface area contributed by atoms with Gasteiger partial charge >= 0.3 is 0 Å². The average molecular weight is 313 g/mol. The molecule has 2 atom stereocenters. The summed E-state index contributed by atoms with van der Waals surface area (Å²) in [6.07, 6.45) is 0.389. The highest BCUT2D eigenvalue weighted by atomic mass is 79.9. The summed E-state index contributed by atoms with van der Waals surface area (Å²) in [7, 11) is 0. The predicted octanol–water partition coefficient (Wildman–Crippen LogP) is 1.78. The second kappa shape index (κ2) is 5.71. The van der Waals surface area contributed by atoms with Crippen molar-refractivity contribution < 1.29 is 9.53 Å². The van der Waals surface area contributed by atoms with Gasteiger partial charge in [0.05, 0.1) is 0 Å². The Morgan fingerprint density at radius 3 is 3.00 bits per heavy atom. The smallest absolute Gasteiger partial charge is 0.263 e. The molecule has 0 unspecified atom stereocenters. The van der Waals surface area contributed by atoms with E-state index in [1.54, 1.807) is 11.8 Å². The van der Waals surface area contributed by atoms with Crippen LogP contribution >= 0.6 is 15.9 Å². The lowest BCUT2D eigenvalue weighted by atomic mass is 10.3. The number of rotatable bonds is 3. The Kier molecular flexibility index (Phi) is 4.24. The SMILES string of the molecule is C[C@H](Oc1cccc(Br)c1)C(=O)N1CC[C@H](N)C1. The van der Waals surface area contributed by atoms with Crippen LogP contribution in [0.2, 0.25) is 0 Å². The van der Waals surface area contributed by atoms with E-state index in [4.69, 9.17) is 10.5 Å². The molecule has 5 heteroatoms. The van der Waals surface area contributed by atoms with Gasteiger partial charge in [-0.25, -0.2) is 0 Å². The van der Waals surface area contributed by atoms with Gasteiger partial charge in [0.2, 0.25) is 0 Å². The Labute approximate surface area is 115 Å². The fraction of sp³-hybridized carbons (Fsp3) is 0.462. The number of likely N-dealkylation sites (tertiary alicyclic amines) is 1. The number of benzene rings is 1. The molecule has 1 aromatic carbocycles. The van der Waals surface area contributed by atoms with Crippen LogP contribution in [0.1, 0.15) is 13.3 Å². The van der Waals surface area contributed by atoms with E-state index in [2.05, 4.69) is 15.9 Å². The van der Waals surface area contributed by atoms with E-state index in [1.807, 2.05) is 24.3 Å². The van der Waals surface area contributed by atoms with Crippen molar-refractivity contribution in [2.75, 3.05) is 13.1 Å². The zero-order chi connectivity index (χ0) is 13.1. The first-order valence-electron chi connectivity index (χ1n) is 6.03. The van der Waals surface area contributed by atoms with Crippen molar-refractivity contribution in [3.8, 4) is 5.75 Å². The third-order valence-corrected chi connectivity index (χ3v) is 3.49. The van der Waals surface area contributed by atoms with E-state index in [1.165, 1.54) is 0 Å². The second-order valence-electron chi connectivity index (χ2n) is 4.55. The third kappa shape index (κ3) is 3.23. The molecule has 0 radical (unpaired) electrons. The second-order valence-corrected chi connectivity index (χ2v) is 5.47. The first-order valence-corrected chi connectivity index (χ1v) is 6.82. The van der Waals surface area contributed by atoms with Crippen LogP contribution in [0.3, 0.4) is 0 Å². The third-order valence-electron chi connectivity index (χ3n) is 2.99. The van der Waals surface area contributed by atoms with Gasteiger partial charge in [-0.05, 0) is 31.5 Å². The molecule has 0 bridgehead atoms. The van der Waals surface area contributed by atoms with Crippen molar-refractivity contribution in [2.45, 2.75) is 25.5 Å². The van der Waals surface area contributed by atoms with Gasteiger partial charge < -0.3 is 15.4 Å². The summed E-state index contributed by atoms with van der Waals surface area (Å²) in [6, 6.07) is 7.58. The molecule has 2 N–H and O–H groups in total. The van der Waals surface area contributed by atoms with Crippen LogP contribution in [0.5, 0.6) is 5.75 Å². The first kappa shape index (κ1) is 13.4. The van der Waals surface area contributed by atoms with E-state index in [0.29, 0.717) is 12.3 Å². The summed E-state index contributed by atoms with van der Waals surface area (Å²) < 4.78 is 6.58. The molecule has 0 spiro atoms. The zero-order valence-electron chi connectivity index (χ0n) is 10.3. The molecule has 1 aromatic rings. The molecule has 0 aromatic heterocycles. The van der Waals surface area contributed by atoms with Crippen LogP contribution in [0.15, 0.2) is 28.7 Å². The molecular formula is C13H17BrN2O2. The van der Waals surface area contributed by atoms with Crippen molar-refractivity contribution in [1.82, 2.24) is 4.90 Å². The van der Waals surface area contributed by atoms with Crippen molar-refractivity contribution in [3.63, 3.8) is 0 Å². The van der Waals surface area contributed by atoms with Gasteiger partial charge in [0.25, 0.3) is 5.91 Å². The summed E-state index contributed by atoms with van der Waals surface area (Å²) in [5.74, 6) is 0.691. The number of hydrogen-bond donors (Lipinski definition) is 1. The summed E-state index contributed by atoms with van der Waals surface area (Å²) in [4.78, 5) is 13.9. The lowest BCUT2D eigenvalue weighted by molar-refractivity contribution is -0.136. The minimum Gasteiger partial charge on any atom is -0.481 e. The molecule has 0 aliphatic carbocycles. The van der Waals surface area contributed by atoms with Crippen molar-refractivity contribution in [3.05, 3.63) is 28.7 Å². The highest BCUT2D eigenvalue weighted by molar-refractivity contribution is 9.10. The predicted molar refractivity (Wildman–Crippen MR) is 73.4 cm³/mol. The number of ether oxygens (including phenoxy) is 1. The zero-order valence-corrected chi connectivity index (χ0v) is 11.9. The Balaban J connectivity index is 1.95. The lowest BCUT2D eigenvalue weighted by Crippen LogP contribution is -2.40. The highest BCUT2D eigenvalue weighted by Crippen LogP contribution is 2.20. The maximum absolute atomic E-state index is 12.1. The maximum atomic E-state index is 12.1. The maximum Gasteiger partial charge on any atom is 0.263 e. The van der Waals surface area contributed by atoms with Crippen molar-refractivity contribution >= 4 is 21.8 Å². The van der Waals surface area contributed by atoms with Gasteiger partial charge in [-0.2, -0.15) is 0 Å². The van der Waals surface area contributed by atoms with Gasteiger partial charge in [-0.15, -0.1) is 0 Å². The van der Waals surface area contributed by atoms with Gasteiger partial charge in [-0.1, -0.05) is 22.0 Å². The average Bonchev–Trinajstić information content (AvgIpc) is 2.75. The Morgan fingerprint density at radius 1 is 1.61 bits per heavy atom. The van der Waals surface area contributed by atoms with E-state index >= 15 is 0 Å². The van der Waals surface area contributed by atoms with Crippen molar-refractivity contribution in [2.24, 2.45) is 5.73 Å². The fourth-order valence-electron chi connectivity index (χ4n) is 2.04. The van der Waals surface area contributed by atoms with Crippen LogP contribution < -0.4 is 10.5 Å². The number of hydrogen-bond acceptors (Lipinski definition) is 3. The number of nitrogens with zero attached hydrogens (tertiary/aromatic N) is 1. The van der Waals surface area contributed by atoms with E-state index in [0.717, 1.165) is 17.4 Å². The number of carbonyl (C=O) groups excluding carboxylic acids is 1. The molecule has 1 fully saturated rings. The minimum atomic E-state index is -0.482. The molecule has 1 aliphatic rings. The van der Waals surface area contributed by atoms with Gasteiger partial charge in [0, 0.05) is 23.6 Å². The number of carbonyl (C=O) groups is 1. The molecule has 1 amide bonds. The monoisotopic (exact) mass is 312 g/mol. The fourth-order valence-corrected chi connectivity index (χ4v) is 2.42. The summed E-state index contributed by atoms with van der Waals surface area (Å²) in [5.41, 5.74) is 5.79. The Hall–Kier alpha value is -1.07. The summed E-state index contributed by atoms with van der Waals surface area (Å²) in [6.45, 7) is 3.13. The van der Waals surface area contributed by atoms with Crippen LogP contribution in [0, 0.1) is 0 Å². The largest absolute Gasteiger partial charge is 0.481 e. The summed E-state index contributed by atoms with van der Waals surface area (Å²) in [5, 5.41) is 0. The number of halogens is 1. The minimum absolute atomic E-state index is 0.00271. The van der Waals surface area contributed by atoms with Crippen LogP contribution in [-0.4, -0.2) is 36.0 Å². The van der Waals surface area contributed by atoms with Crippen LogP contribution in [-0.2, 0) is 4.79 Å². The van der Waals surface area contributed by atoms with Gasteiger partial charge in [0.15, 0.2) is 6.10 Å². The Bertz CT molecular complexity index is 439. The molecule has 0 saturated carbocycles. The molecule has 4 nitrogen and oxygen atoms in total. The van der Waals surface area contributed by atoms with Crippen LogP contribution in [0.4, 0.5) is 0 Å². The van der Waals surface area contributed by atoms with Gasteiger partial charge in [0.1, 0.15) is 5.75 Å². The molecular weight excluding hydrogens is 296 g/mol. The quantitative estimate of drug-likeness (QED) is 0.925. The first-order chi connectivity index (χ1) is 8.56. The molecule has 1 aliphatic heterocycles. The van der Waals surface area contributed by atoms with Crippen LogP contribution in [0.25, 0.3) is 0 Å². The number of amides is 1. The van der Waals surface area contributed by atoms with Crippen molar-refractivity contribution in [1.29, 1.82) is 0 Å².